The first-order valence-electron chi connectivity index (χ1n) is 5.93. The Labute approximate surface area is 132 Å². The molecule has 0 aliphatic rings. The zero-order valence-electron chi connectivity index (χ0n) is 11.2. The molecule has 20 heavy (non-hydrogen) atoms. The predicted molar refractivity (Wildman–Crippen MR) is 83.8 cm³/mol. The summed E-state index contributed by atoms with van der Waals surface area (Å²) in [6, 6.07) is 3.44. The first-order valence-corrected chi connectivity index (χ1v) is 7.84. The molecule has 1 N–H and O–H groups in total. The van der Waals surface area contributed by atoms with Gasteiger partial charge in [-0.3, -0.25) is 9.59 Å². The minimum Gasteiger partial charge on any atom is -0.465 e. The molecule has 0 unspecified atom stereocenters. The van der Waals surface area contributed by atoms with Crippen LogP contribution in [0.15, 0.2) is 12.1 Å². The number of hydrogen-bond donors (Lipinski definition) is 1. The molecule has 0 aliphatic heterocycles. The topological polar surface area (TPSA) is 55.4 Å². The molecule has 0 bridgehead atoms. The normalized spacial score (nSPS) is 10.2. The van der Waals surface area contributed by atoms with E-state index in [1.807, 2.05) is 6.92 Å². The molecule has 1 aromatic rings. The lowest BCUT2D eigenvalue weighted by atomic mass is 10.2. The van der Waals surface area contributed by atoms with E-state index in [4.69, 9.17) is 27.9 Å². The number of amides is 1. The van der Waals surface area contributed by atoms with Gasteiger partial charge in [-0.2, -0.15) is 0 Å². The number of thioether (sulfide) groups is 1. The third-order valence-electron chi connectivity index (χ3n) is 2.31. The summed E-state index contributed by atoms with van der Waals surface area (Å²) in [6.07, 6.45) is 0. The first-order chi connectivity index (χ1) is 9.45. The fraction of sp³-hybridized carbons (Fsp3) is 0.385. The molecule has 1 amide bonds. The summed E-state index contributed by atoms with van der Waals surface area (Å²) in [4.78, 5) is 22.9. The number of nitrogens with one attached hydrogen (secondary N) is 1. The maximum atomic E-state index is 11.8. The van der Waals surface area contributed by atoms with Crippen LogP contribution in [0.3, 0.4) is 0 Å². The molecule has 0 atom stereocenters. The molecule has 0 aliphatic carbocycles. The third-order valence-corrected chi connectivity index (χ3v) is 4.02. The van der Waals surface area contributed by atoms with E-state index in [1.54, 1.807) is 19.1 Å². The van der Waals surface area contributed by atoms with Gasteiger partial charge in [-0.05, 0) is 25.5 Å². The zero-order chi connectivity index (χ0) is 15.1. The van der Waals surface area contributed by atoms with E-state index < -0.39 is 0 Å². The average Bonchev–Trinajstić information content (AvgIpc) is 2.39. The van der Waals surface area contributed by atoms with E-state index in [9.17, 15) is 9.59 Å². The Bertz CT molecular complexity index is 509. The van der Waals surface area contributed by atoms with Gasteiger partial charge in [0.25, 0.3) is 0 Å². The Kier molecular flexibility index (Phi) is 7.19. The van der Waals surface area contributed by atoms with Crippen molar-refractivity contribution >= 4 is 52.5 Å². The Morgan fingerprint density at radius 3 is 2.65 bits per heavy atom. The van der Waals surface area contributed by atoms with Crippen molar-refractivity contribution in [1.29, 1.82) is 0 Å². The molecule has 4 nitrogen and oxygen atoms in total. The van der Waals surface area contributed by atoms with Gasteiger partial charge in [-0.1, -0.05) is 29.3 Å². The Morgan fingerprint density at radius 1 is 1.30 bits per heavy atom. The second-order valence-electron chi connectivity index (χ2n) is 3.90. The van der Waals surface area contributed by atoms with Crippen LogP contribution in [0.2, 0.25) is 10.0 Å². The molecular weight excluding hydrogens is 321 g/mol. The highest BCUT2D eigenvalue weighted by atomic mass is 35.5. The summed E-state index contributed by atoms with van der Waals surface area (Å²) < 4.78 is 4.76. The highest BCUT2D eigenvalue weighted by Gasteiger charge is 2.12. The van der Waals surface area contributed by atoms with Crippen LogP contribution in [0.25, 0.3) is 0 Å². The van der Waals surface area contributed by atoms with Crippen LogP contribution in [0, 0.1) is 6.92 Å². The van der Waals surface area contributed by atoms with Gasteiger partial charge in [0.2, 0.25) is 5.91 Å². The average molecular weight is 336 g/mol. The second-order valence-corrected chi connectivity index (χ2v) is 5.67. The van der Waals surface area contributed by atoms with Crippen molar-refractivity contribution in [1.82, 2.24) is 0 Å². The minimum atomic E-state index is -0.336. The van der Waals surface area contributed by atoms with Crippen LogP contribution in [0.5, 0.6) is 0 Å². The number of esters is 1. The molecule has 1 rings (SSSR count). The molecule has 0 aromatic heterocycles. The van der Waals surface area contributed by atoms with Gasteiger partial charge < -0.3 is 10.1 Å². The number of carbonyl (C=O) groups excluding carboxylic acids is 2. The molecule has 0 spiro atoms. The van der Waals surface area contributed by atoms with E-state index in [-0.39, 0.29) is 23.4 Å². The number of halogens is 2. The van der Waals surface area contributed by atoms with Gasteiger partial charge >= 0.3 is 5.97 Å². The van der Waals surface area contributed by atoms with E-state index in [0.29, 0.717) is 22.3 Å². The number of rotatable bonds is 6. The SMILES string of the molecule is CCOC(=O)CSCC(=O)Nc1c(Cl)ccc(C)c1Cl. The molecular formula is C13H15Cl2NO3S. The summed E-state index contributed by atoms with van der Waals surface area (Å²) in [7, 11) is 0. The van der Waals surface area contributed by atoms with E-state index >= 15 is 0 Å². The summed E-state index contributed by atoms with van der Waals surface area (Å²) >= 11 is 13.3. The van der Waals surface area contributed by atoms with Crippen LogP contribution in [0.4, 0.5) is 5.69 Å². The van der Waals surface area contributed by atoms with Gasteiger partial charge in [-0.15, -0.1) is 11.8 Å². The fourth-order valence-electron chi connectivity index (χ4n) is 1.38. The molecule has 110 valence electrons. The van der Waals surface area contributed by atoms with Crippen molar-refractivity contribution in [2.24, 2.45) is 0 Å². The number of benzene rings is 1. The fourth-order valence-corrected chi connectivity index (χ4v) is 2.45. The summed E-state index contributed by atoms with van der Waals surface area (Å²) in [5.41, 5.74) is 1.22. The van der Waals surface area contributed by atoms with Crippen molar-refractivity contribution in [3.63, 3.8) is 0 Å². The van der Waals surface area contributed by atoms with Crippen molar-refractivity contribution in [2.45, 2.75) is 13.8 Å². The molecule has 0 heterocycles. The zero-order valence-corrected chi connectivity index (χ0v) is 13.5. The number of carbonyl (C=O) groups is 2. The highest BCUT2D eigenvalue weighted by molar-refractivity contribution is 8.00. The smallest absolute Gasteiger partial charge is 0.315 e. The quantitative estimate of drug-likeness (QED) is 0.808. The van der Waals surface area contributed by atoms with Crippen LogP contribution >= 0.6 is 35.0 Å². The van der Waals surface area contributed by atoms with E-state index in [0.717, 1.165) is 5.56 Å². The largest absolute Gasteiger partial charge is 0.465 e. The van der Waals surface area contributed by atoms with Crippen LogP contribution in [-0.2, 0) is 14.3 Å². The second kappa shape index (κ2) is 8.39. The molecule has 0 fully saturated rings. The highest BCUT2D eigenvalue weighted by Crippen LogP contribution is 2.32. The van der Waals surface area contributed by atoms with Crippen molar-refractivity contribution in [3.8, 4) is 0 Å². The molecule has 7 heteroatoms. The number of aryl methyl sites for hydroxylation is 1. The Balaban J connectivity index is 2.51. The maximum absolute atomic E-state index is 11.8. The first kappa shape index (κ1) is 17.1. The lowest BCUT2D eigenvalue weighted by Crippen LogP contribution is -2.17. The van der Waals surface area contributed by atoms with Crippen LogP contribution < -0.4 is 5.32 Å². The maximum Gasteiger partial charge on any atom is 0.315 e. The van der Waals surface area contributed by atoms with Crippen molar-refractivity contribution < 1.29 is 14.3 Å². The molecule has 0 saturated carbocycles. The van der Waals surface area contributed by atoms with Crippen LogP contribution in [0.1, 0.15) is 12.5 Å². The molecule has 0 saturated heterocycles. The van der Waals surface area contributed by atoms with Crippen LogP contribution in [-0.4, -0.2) is 30.0 Å². The number of hydrogen-bond acceptors (Lipinski definition) is 4. The monoisotopic (exact) mass is 335 g/mol. The molecule has 0 radical (unpaired) electrons. The van der Waals surface area contributed by atoms with Crippen molar-refractivity contribution in [2.75, 3.05) is 23.4 Å². The predicted octanol–water partition coefficient (Wildman–Crippen LogP) is 3.54. The standard InChI is InChI=1S/C13H15Cl2NO3S/c1-3-19-11(18)7-20-6-10(17)16-13-9(14)5-4-8(2)12(13)15/h4-5H,3,6-7H2,1-2H3,(H,16,17). The minimum absolute atomic E-state index is 0.124. The lowest BCUT2D eigenvalue weighted by molar-refractivity contribution is -0.139. The Hall–Kier alpha value is -0.910. The van der Waals surface area contributed by atoms with Gasteiger partial charge in [0.1, 0.15) is 0 Å². The van der Waals surface area contributed by atoms with Gasteiger partial charge in [0.05, 0.1) is 33.8 Å². The Morgan fingerprint density at radius 2 is 2.00 bits per heavy atom. The number of ether oxygens (including phenoxy) is 1. The van der Waals surface area contributed by atoms with Gasteiger partial charge in [0.15, 0.2) is 0 Å². The van der Waals surface area contributed by atoms with E-state index in [2.05, 4.69) is 5.32 Å². The van der Waals surface area contributed by atoms with E-state index in [1.165, 1.54) is 11.8 Å². The summed E-state index contributed by atoms with van der Waals surface area (Å²) in [5.74, 6) is -0.346. The van der Waals surface area contributed by atoms with Crippen molar-refractivity contribution in [3.05, 3.63) is 27.7 Å². The van der Waals surface area contributed by atoms with Gasteiger partial charge in [-0.25, -0.2) is 0 Å². The number of anilines is 1. The summed E-state index contributed by atoms with van der Waals surface area (Å²) in [6.45, 7) is 3.89. The molecule has 1 aromatic carbocycles. The summed E-state index contributed by atoms with van der Waals surface area (Å²) in [5, 5.41) is 3.45. The van der Waals surface area contributed by atoms with Gasteiger partial charge in [0, 0.05) is 0 Å². The third kappa shape index (κ3) is 5.23. The lowest BCUT2D eigenvalue weighted by Gasteiger charge is -2.10.